The van der Waals surface area contributed by atoms with Crippen LogP contribution in [0, 0.1) is 0 Å². The molecular formula is C16H21N3O4S. The highest BCUT2D eigenvalue weighted by Crippen LogP contribution is 2.34. The van der Waals surface area contributed by atoms with E-state index < -0.39 is 15.6 Å². The van der Waals surface area contributed by atoms with Crippen molar-refractivity contribution >= 4 is 10.0 Å². The Balaban J connectivity index is 1.87. The maximum atomic E-state index is 12.6. The van der Waals surface area contributed by atoms with Gasteiger partial charge in [-0.25, -0.2) is 13.1 Å². The number of nitrogens with zero attached hydrogens (tertiary/aromatic N) is 2. The number of hydrogen-bond acceptors (Lipinski definition) is 5. The fourth-order valence-electron chi connectivity index (χ4n) is 2.54. The number of rotatable bonds is 5. The third kappa shape index (κ3) is 3.25. The van der Waals surface area contributed by atoms with Crippen LogP contribution in [0.25, 0.3) is 0 Å². The highest BCUT2D eigenvalue weighted by molar-refractivity contribution is 7.89. The summed E-state index contributed by atoms with van der Waals surface area (Å²) in [5, 5.41) is 4.02. The van der Waals surface area contributed by atoms with Crippen molar-refractivity contribution in [2.75, 3.05) is 13.2 Å². The smallest absolute Gasteiger partial charge is 0.244 e. The van der Waals surface area contributed by atoms with E-state index in [1.54, 1.807) is 24.6 Å². The molecule has 1 aliphatic rings. The molecule has 2 aromatic rings. The summed E-state index contributed by atoms with van der Waals surface area (Å²) in [4.78, 5) is 0.148. The van der Waals surface area contributed by atoms with Crippen LogP contribution in [0.15, 0.2) is 35.5 Å². The molecule has 0 saturated heterocycles. The summed E-state index contributed by atoms with van der Waals surface area (Å²) in [5.41, 5.74) is -0.0265. The lowest BCUT2D eigenvalue weighted by molar-refractivity contribution is 0.171. The normalized spacial score (nSPS) is 14.6. The second-order valence-electron chi connectivity index (χ2n) is 6.12. The molecular weight excluding hydrogens is 330 g/mol. The van der Waals surface area contributed by atoms with Crippen LogP contribution in [0.3, 0.4) is 0 Å². The predicted molar refractivity (Wildman–Crippen MR) is 88.7 cm³/mol. The van der Waals surface area contributed by atoms with Gasteiger partial charge in [-0.2, -0.15) is 5.10 Å². The summed E-state index contributed by atoms with van der Waals surface area (Å²) in [6.07, 6.45) is 2.87. The summed E-state index contributed by atoms with van der Waals surface area (Å²) >= 11 is 0. The van der Waals surface area contributed by atoms with Crippen molar-refractivity contribution in [3.05, 3.63) is 36.2 Å². The zero-order chi connectivity index (χ0) is 17.4. The van der Waals surface area contributed by atoms with Crippen LogP contribution in [0.2, 0.25) is 0 Å². The van der Waals surface area contributed by atoms with Crippen molar-refractivity contribution in [2.45, 2.75) is 37.8 Å². The van der Waals surface area contributed by atoms with Crippen LogP contribution < -0.4 is 14.2 Å². The second-order valence-corrected chi connectivity index (χ2v) is 7.80. The van der Waals surface area contributed by atoms with Gasteiger partial charge in [0.1, 0.15) is 18.1 Å². The van der Waals surface area contributed by atoms with Crippen LogP contribution in [0.4, 0.5) is 0 Å². The van der Waals surface area contributed by atoms with Gasteiger partial charge in [0.2, 0.25) is 10.0 Å². The molecule has 7 nitrogen and oxygen atoms in total. The van der Waals surface area contributed by atoms with Crippen molar-refractivity contribution in [3.8, 4) is 11.5 Å². The van der Waals surface area contributed by atoms with Gasteiger partial charge in [0.15, 0.2) is 11.5 Å². The topological polar surface area (TPSA) is 82.5 Å². The van der Waals surface area contributed by atoms with E-state index in [0.717, 1.165) is 5.56 Å². The Labute approximate surface area is 141 Å². The number of hydrogen-bond donors (Lipinski definition) is 1. The van der Waals surface area contributed by atoms with E-state index in [-0.39, 0.29) is 4.90 Å². The number of aromatic nitrogens is 2. The first-order valence-corrected chi connectivity index (χ1v) is 9.27. The quantitative estimate of drug-likeness (QED) is 0.889. The van der Waals surface area contributed by atoms with Gasteiger partial charge in [0.25, 0.3) is 0 Å². The molecule has 2 heterocycles. The average Bonchev–Trinajstić information content (AvgIpc) is 3.03. The lowest BCUT2D eigenvalue weighted by Gasteiger charge is -2.28. The lowest BCUT2D eigenvalue weighted by Crippen LogP contribution is -2.40. The van der Waals surface area contributed by atoms with Crippen LogP contribution >= 0.6 is 0 Å². The molecule has 1 aromatic carbocycles. The summed E-state index contributed by atoms with van der Waals surface area (Å²) in [6.45, 7) is 7.13. The van der Waals surface area contributed by atoms with Crippen molar-refractivity contribution in [1.82, 2.24) is 14.5 Å². The molecule has 0 bridgehead atoms. The number of nitrogens with one attached hydrogen (secondary N) is 1. The van der Waals surface area contributed by atoms with E-state index in [1.807, 2.05) is 19.1 Å². The molecule has 1 N–H and O–H groups in total. The maximum absolute atomic E-state index is 12.6. The number of fused-ring (bicyclic) bond motifs is 1. The van der Waals surface area contributed by atoms with Crippen LogP contribution in [-0.4, -0.2) is 31.4 Å². The van der Waals surface area contributed by atoms with Crippen molar-refractivity contribution in [2.24, 2.45) is 0 Å². The minimum absolute atomic E-state index is 0.148. The Hall–Kier alpha value is -2.06. The Morgan fingerprint density at radius 3 is 2.62 bits per heavy atom. The van der Waals surface area contributed by atoms with Gasteiger partial charge in [0.05, 0.1) is 11.7 Å². The number of sulfonamides is 1. The molecule has 0 saturated carbocycles. The van der Waals surface area contributed by atoms with E-state index in [2.05, 4.69) is 9.82 Å². The van der Waals surface area contributed by atoms with E-state index in [4.69, 9.17) is 9.47 Å². The van der Waals surface area contributed by atoms with Gasteiger partial charge in [-0.1, -0.05) is 6.07 Å². The number of ether oxygens (including phenoxy) is 2. The molecule has 8 heteroatoms. The molecule has 1 aliphatic heterocycles. The van der Waals surface area contributed by atoms with Crippen LogP contribution in [0.1, 0.15) is 26.3 Å². The van der Waals surface area contributed by atoms with Gasteiger partial charge in [0, 0.05) is 12.7 Å². The predicted octanol–water partition coefficient (Wildman–Crippen LogP) is 1.89. The molecule has 0 aliphatic carbocycles. The van der Waals surface area contributed by atoms with Gasteiger partial charge >= 0.3 is 0 Å². The summed E-state index contributed by atoms with van der Waals surface area (Å²) in [7, 11) is -3.68. The Morgan fingerprint density at radius 2 is 1.96 bits per heavy atom. The fraction of sp³-hybridized carbons (Fsp3) is 0.438. The first-order chi connectivity index (χ1) is 11.3. The highest BCUT2D eigenvalue weighted by atomic mass is 32.2. The average molecular weight is 351 g/mol. The second kappa shape index (κ2) is 6.10. The van der Waals surface area contributed by atoms with Gasteiger partial charge in [-0.3, -0.25) is 4.68 Å². The highest BCUT2D eigenvalue weighted by Gasteiger charge is 2.30. The molecule has 130 valence electrons. The first kappa shape index (κ1) is 16.8. The SMILES string of the molecule is CCn1cc(S(=O)(=O)NC(C)(C)c2ccc3c(c2)OCCO3)cn1. The van der Waals surface area contributed by atoms with E-state index in [1.165, 1.54) is 12.4 Å². The van der Waals surface area contributed by atoms with Gasteiger partial charge < -0.3 is 9.47 Å². The van der Waals surface area contributed by atoms with Crippen LogP contribution in [-0.2, 0) is 22.1 Å². The zero-order valence-corrected chi connectivity index (χ0v) is 14.8. The Morgan fingerprint density at radius 1 is 1.25 bits per heavy atom. The summed E-state index contributed by atoms with van der Waals surface area (Å²) < 4.78 is 40.6. The minimum atomic E-state index is -3.68. The summed E-state index contributed by atoms with van der Waals surface area (Å²) in [5.74, 6) is 1.30. The van der Waals surface area contributed by atoms with Crippen molar-refractivity contribution < 1.29 is 17.9 Å². The van der Waals surface area contributed by atoms with E-state index in [0.29, 0.717) is 31.3 Å². The molecule has 0 amide bonds. The zero-order valence-electron chi connectivity index (χ0n) is 13.9. The third-order valence-corrected chi connectivity index (χ3v) is 5.51. The van der Waals surface area contributed by atoms with Crippen molar-refractivity contribution in [3.63, 3.8) is 0 Å². The third-order valence-electron chi connectivity index (χ3n) is 3.90. The molecule has 3 rings (SSSR count). The largest absolute Gasteiger partial charge is 0.486 e. The maximum Gasteiger partial charge on any atom is 0.244 e. The monoisotopic (exact) mass is 351 g/mol. The summed E-state index contributed by atoms with van der Waals surface area (Å²) in [6, 6.07) is 5.45. The molecule has 0 atom stereocenters. The van der Waals surface area contributed by atoms with Crippen LogP contribution in [0.5, 0.6) is 11.5 Å². The fourth-order valence-corrected chi connectivity index (χ4v) is 3.90. The van der Waals surface area contributed by atoms with Gasteiger partial charge in [-0.05, 0) is 38.5 Å². The first-order valence-electron chi connectivity index (χ1n) is 7.78. The molecule has 24 heavy (non-hydrogen) atoms. The van der Waals surface area contributed by atoms with Gasteiger partial charge in [-0.15, -0.1) is 0 Å². The molecule has 0 spiro atoms. The number of aryl methyl sites for hydroxylation is 1. The molecule has 0 fully saturated rings. The van der Waals surface area contributed by atoms with Crippen molar-refractivity contribution in [1.29, 1.82) is 0 Å². The molecule has 0 radical (unpaired) electrons. The number of benzene rings is 1. The van der Waals surface area contributed by atoms with E-state index >= 15 is 0 Å². The van der Waals surface area contributed by atoms with E-state index in [9.17, 15) is 8.42 Å². The lowest BCUT2D eigenvalue weighted by atomic mass is 9.95. The molecule has 0 unspecified atom stereocenters. The molecule has 1 aromatic heterocycles. The minimum Gasteiger partial charge on any atom is -0.486 e. The standard InChI is InChI=1S/C16H21N3O4S/c1-4-19-11-13(10-17-19)24(20,21)18-16(2,3)12-5-6-14-15(9-12)23-8-7-22-14/h5-6,9-11,18H,4,7-8H2,1-3H3. The Kier molecular flexibility index (Phi) is 4.27. The Bertz CT molecular complexity index is 843.